The summed E-state index contributed by atoms with van der Waals surface area (Å²) in [6, 6.07) is 85.1. The highest BCUT2D eigenvalue weighted by molar-refractivity contribution is 9.10. The minimum atomic E-state index is 0.650. The second kappa shape index (κ2) is 21.9. The van der Waals surface area contributed by atoms with Crippen molar-refractivity contribution in [1.82, 2.24) is 34.5 Å². The molecule has 0 atom stereocenters. The maximum atomic E-state index is 4.94. The number of benzene rings is 10. The summed E-state index contributed by atoms with van der Waals surface area (Å²) >= 11 is 7.26. The predicted molar refractivity (Wildman–Crippen MR) is 342 cm³/mol. The van der Waals surface area contributed by atoms with Crippen molar-refractivity contribution in [1.29, 1.82) is 0 Å². The Morgan fingerprint density at radius 1 is 0.358 bits per heavy atom. The first-order chi connectivity index (χ1) is 40.0. The van der Waals surface area contributed by atoms with E-state index in [9.17, 15) is 0 Å². The maximum absolute atomic E-state index is 4.94. The first-order valence-corrected chi connectivity index (χ1v) is 29.1. The Morgan fingerprint density at radius 3 is 1.32 bits per heavy atom. The first kappa shape index (κ1) is 49.7. The molecule has 0 fully saturated rings. The number of allylic oxidation sites excluding steroid dienone is 1. The number of hydrogen-bond donors (Lipinski definition) is 0. The molecule has 5 heterocycles. The van der Waals surface area contributed by atoms with Crippen LogP contribution in [0.5, 0.6) is 0 Å². The number of rotatable bonds is 7. The SMILES string of the molecule is Brc1cccc(-c2nc(-c3ccccc3)nc(-c3ccccc3)n2)c1.C1=Cc2ccc3sc4ccccc4c3c2C1.c1ccc(-c2nc(-c3ccccc3)nc(-c3cccc(-n4ccc5ccc6sc7ccccc7c6c54)c3)n2)cc1. The van der Waals surface area contributed by atoms with E-state index in [-0.39, 0.29) is 0 Å². The van der Waals surface area contributed by atoms with Gasteiger partial charge in [0.1, 0.15) is 0 Å². The number of hydrogen-bond acceptors (Lipinski definition) is 8. The first-order valence-electron chi connectivity index (χ1n) is 26.7. The summed E-state index contributed by atoms with van der Waals surface area (Å²) in [7, 11) is 0. The van der Waals surface area contributed by atoms with E-state index < -0.39 is 0 Å². The fourth-order valence-electron chi connectivity index (χ4n) is 10.5. The molecular formula is C71H46BrN7S2. The standard InChI is InChI=1S/C35H22N4S.C21H14BrN3.C15H10S/c1-3-10-24(11-4-1)33-36-34(25-12-5-2-6-13-25)38-35(37-33)26-14-9-15-27(22-26)39-21-20-23-18-19-30-31(32(23)39)28-16-7-8-17-29(28)40-30;22-18-13-7-12-17(14-18)21-24-19(15-8-3-1-4-9-15)23-20(25-21)16-10-5-2-6-11-16;1-2-7-13-12(5-1)15-11-6-3-4-10(11)8-9-14(15)16-13/h1-22H;1-14H;1-5,7-9H,6H2. The molecule has 1 aliphatic rings. The molecule has 7 nitrogen and oxygen atoms in total. The Hall–Kier alpha value is -9.58. The van der Waals surface area contributed by atoms with E-state index in [2.05, 4.69) is 147 Å². The second-order valence-corrected chi connectivity index (χ2v) is 22.6. The van der Waals surface area contributed by atoms with Crippen molar-refractivity contribution >= 4 is 95.9 Å². The molecule has 384 valence electrons. The third-order valence-corrected chi connectivity index (χ3v) is 17.1. The lowest BCUT2D eigenvalue weighted by molar-refractivity contribution is 1.07. The summed E-state index contributed by atoms with van der Waals surface area (Å²) < 4.78 is 8.70. The van der Waals surface area contributed by atoms with E-state index >= 15 is 0 Å². The number of nitrogens with zero attached hydrogens (tertiary/aromatic N) is 7. The van der Waals surface area contributed by atoms with E-state index in [4.69, 9.17) is 24.9 Å². The highest BCUT2D eigenvalue weighted by Crippen LogP contribution is 2.41. The molecule has 0 saturated heterocycles. The molecule has 16 rings (SSSR count). The maximum Gasteiger partial charge on any atom is 0.164 e. The summed E-state index contributed by atoms with van der Waals surface area (Å²) in [5, 5.41) is 6.71. The Bertz CT molecular complexity index is 4690. The van der Waals surface area contributed by atoms with Gasteiger partial charge in [0.25, 0.3) is 0 Å². The third kappa shape index (κ3) is 10.0. The van der Waals surface area contributed by atoms with E-state index in [1.54, 1.807) is 0 Å². The number of aromatic nitrogens is 7. The lowest BCUT2D eigenvalue weighted by Gasteiger charge is -2.11. The predicted octanol–water partition coefficient (Wildman–Crippen LogP) is 19.4. The number of fused-ring (bicyclic) bond motifs is 10. The van der Waals surface area contributed by atoms with Gasteiger partial charge in [-0.1, -0.05) is 222 Å². The van der Waals surface area contributed by atoms with Gasteiger partial charge in [0.05, 0.1) is 5.52 Å². The Labute approximate surface area is 484 Å². The lowest BCUT2D eigenvalue weighted by atomic mass is 10.0. The van der Waals surface area contributed by atoms with Gasteiger partial charge in [-0.15, -0.1) is 22.7 Å². The van der Waals surface area contributed by atoms with Gasteiger partial charge in [-0.3, -0.25) is 0 Å². The van der Waals surface area contributed by atoms with Crippen molar-refractivity contribution < 1.29 is 0 Å². The van der Waals surface area contributed by atoms with Gasteiger partial charge in [0.15, 0.2) is 34.9 Å². The van der Waals surface area contributed by atoms with Gasteiger partial charge in [-0.05, 0) is 72.1 Å². The van der Waals surface area contributed by atoms with Crippen LogP contribution in [0.1, 0.15) is 11.1 Å². The van der Waals surface area contributed by atoms with Crippen molar-refractivity contribution in [3.8, 4) is 74.0 Å². The zero-order valence-corrected chi connectivity index (χ0v) is 46.7. The third-order valence-electron chi connectivity index (χ3n) is 14.4. The quantitative estimate of drug-likeness (QED) is 0.158. The van der Waals surface area contributed by atoms with Crippen LogP contribution in [0.2, 0.25) is 0 Å². The Kier molecular flexibility index (Phi) is 13.4. The van der Waals surface area contributed by atoms with Crippen LogP contribution in [0, 0.1) is 0 Å². The molecule has 0 aliphatic heterocycles. The highest BCUT2D eigenvalue weighted by atomic mass is 79.9. The van der Waals surface area contributed by atoms with Gasteiger partial charge >= 0.3 is 0 Å². The minimum Gasteiger partial charge on any atom is -0.316 e. The van der Waals surface area contributed by atoms with E-state index in [0.29, 0.717) is 34.9 Å². The van der Waals surface area contributed by atoms with Crippen LogP contribution in [-0.2, 0) is 6.42 Å². The van der Waals surface area contributed by atoms with Crippen LogP contribution in [0.15, 0.2) is 265 Å². The zero-order valence-electron chi connectivity index (χ0n) is 43.4. The fraction of sp³-hybridized carbons (Fsp3) is 0.0141. The van der Waals surface area contributed by atoms with Crippen molar-refractivity contribution in [2.75, 3.05) is 0 Å². The number of thiophene rings is 2. The molecule has 0 bridgehead atoms. The Balaban J connectivity index is 0.000000121. The largest absolute Gasteiger partial charge is 0.316 e. The molecule has 5 aromatic heterocycles. The van der Waals surface area contributed by atoms with Crippen LogP contribution in [-0.4, -0.2) is 34.5 Å². The van der Waals surface area contributed by atoms with Crippen molar-refractivity contribution in [3.05, 3.63) is 277 Å². The van der Waals surface area contributed by atoms with Gasteiger partial charge in [-0.25, -0.2) is 29.9 Å². The van der Waals surface area contributed by atoms with Crippen LogP contribution >= 0.6 is 38.6 Å². The smallest absolute Gasteiger partial charge is 0.164 e. The Morgan fingerprint density at radius 2 is 0.790 bits per heavy atom. The summed E-state index contributed by atoms with van der Waals surface area (Å²) in [5.41, 5.74) is 11.0. The second-order valence-electron chi connectivity index (χ2n) is 19.5. The molecule has 0 saturated carbocycles. The molecule has 0 amide bonds. The molecule has 0 radical (unpaired) electrons. The molecule has 10 heteroatoms. The van der Waals surface area contributed by atoms with Crippen LogP contribution < -0.4 is 0 Å². The van der Waals surface area contributed by atoms with Crippen molar-refractivity contribution in [2.24, 2.45) is 0 Å². The van der Waals surface area contributed by atoms with Gasteiger partial charge in [-0.2, -0.15) is 0 Å². The molecule has 15 aromatic rings. The summed E-state index contributed by atoms with van der Waals surface area (Å²) in [4.78, 5) is 28.8. The molecule has 1 aliphatic carbocycles. The van der Waals surface area contributed by atoms with Crippen LogP contribution in [0.4, 0.5) is 0 Å². The molecule has 81 heavy (non-hydrogen) atoms. The van der Waals surface area contributed by atoms with Crippen molar-refractivity contribution in [3.63, 3.8) is 0 Å². The average Bonchev–Trinajstić information content (AvgIpc) is 4.49. The molecule has 0 N–H and O–H groups in total. The van der Waals surface area contributed by atoms with Gasteiger partial charge < -0.3 is 4.57 Å². The minimum absolute atomic E-state index is 0.650. The topological polar surface area (TPSA) is 82.3 Å². The molecule has 0 spiro atoms. The molecule has 0 unspecified atom stereocenters. The number of halogens is 1. The summed E-state index contributed by atoms with van der Waals surface area (Å²) in [5.74, 6) is 3.97. The van der Waals surface area contributed by atoms with E-state index in [1.165, 1.54) is 62.4 Å². The van der Waals surface area contributed by atoms with Gasteiger partial charge in [0, 0.05) is 95.5 Å². The monoisotopic (exact) mass is 1140 g/mol. The average molecular weight is 1140 g/mol. The van der Waals surface area contributed by atoms with Crippen LogP contribution in [0.25, 0.3) is 131 Å². The molecular weight excluding hydrogens is 1090 g/mol. The van der Waals surface area contributed by atoms with Crippen molar-refractivity contribution in [2.45, 2.75) is 6.42 Å². The van der Waals surface area contributed by atoms with Gasteiger partial charge in [0.2, 0.25) is 0 Å². The summed E-state index contributed by atoms with van der Waals surface area (Å²) in [6.07, 6.45) is 7.75. The fourth-order valence-corrected chi connectivity index (χ4v) is 13.2. The normalized spacial score (nSPS) is 11.7. The zero-order chi connectivity index (χ0) is 54.1. The highest BCUT2D eigenvalue weighted by Gasteiger charge is 2.18. The lowest BCUT2D eigenvalue weighted by Crippen LogP contribution is -2.01. The summed E-state index contributed by atoms with van der Waals surface area (Å²) in [6.45, 7) is 0. The van der Waals surface area contributed by atoms with Crippen LogP contribution in [0.3, 0.4) is 0 Å². The molecule has 10 aromatic carbocycles. The van der Waals surface area contributed by atoms with E-state index in [0.717, 1.165) is 50.0 Å². The van der Waals surface area contributed by atoms with E-state index in [1.807, 2.05) is 168 Å².